The van der Waals surface area contributed by atoms with Gasteiger partial charge in [0.05, 0.1) is 5.69 Å². The summed E-state index contributed by atoms with van der Waals surface area (Å²) in [7, 11) is 0. The van der Waals surface area contributed by atoms with Gasteiger partial charge in [-0.25, -0.2) is 0 Å². The zero-order valence-corrected chi connectivity index (χ0v) is 20.1. The number of hydrogen-bond donors (Lipinski definition) is 0. The van der Waals surface area contributed by atoms with Crippen LogP contribution in [0.2, 0.25) is 0 Å². The number of fused-ring (bicyclic) bond motifs is 5. The minimum absolute atomic E-state index is 0.129. The van der Waals surface area contributed by atoms with Gasteiger partial charge < -0.3 is 9.64 Å². The van der Waals surface area contributed by atoms with Crippen LogP contribution >= 0.6 is 0 Å². The summed E-state index contributed by atoms with van der Waals surface area (Å²) in [5, 5.41) is 2.48. The molecule has 0 radical (unpaired) electrons. The Labute approximate surface area is 216 Å². The van der Waals surface area contributed by atoms with Gasteiger partial charge in [-0.3, -0.25) is 0 Å². The molecule has 0 bridgehead atoms. The third kappa shape index (κ3) is 2.95. The summed E-state index contributed by atoms with van der Waals surface area (Å²) in [4.78, 5) is 2.44. The van der Waals surface area contributed by atoms with E-state index in [9.17, 15) is 0 Å². The maximum Gasteiger partial charge on any atom is 0.256 e. The van der Waals surface area contributed by atoms with E-state index in [-0.39, 0.29) is 6.71 Å². The average Bonchev–Trinajstić information content (AvgIpc) is 2.97. The van der Waals surface area contributed by atoms with E-state index in [1.807, 2.05) is 0 Å². The minimum Gasteiger partial charge on any atom is -0.458 e. The highest BCUT2D eigenvalue weighted by molar-refractivity contribution is 6.99. The molecule has 0 saturated heterocycles. The van der Waals surface area contributed by atoms with Crippen LogP contribution in [0.15, 0.2) is 133 Å². The molecule has 0 amide bonds. The molecule has 37 heavy (non-hydrogen) atoms. The first-order valence-electron chi connectivity index (χ1n) is 12.7. The van der Waals surface area contributed by atoms with Gasteiger partial charge in [-0.1, -0.05) is 103 Å². The monoisotopic (exact) mass is 471 g/mol. The summed E-state index contributed by atoms with van der Waals surface area (Å²) >= 11 is 0. The van der Waals surface area contributed by atoms with Gasteiger partial charge in [-0.15, -0.1) is 0 Å². The van der Waals surface area contributed by atoms with Crippen molar-refractivity contribution < 1.29 is 4.74 Å². The Morgan fingerprint density at radius 3 is 2.11 bits per heavy atom. The molecule has 2 aliphatic rings. The van der Waals surface area contributed by atoms with Crippen molar-refractivity contribution in [2.45, 2.75) is 0 Å². The van der Waals surface area contributed by atoms with E-state index in [0.29, 0.717) is 0 Å². The topological polar surface area (TPSA) is 12.5 Å². The summed E-state index contributed by atoms with van der Waals surface area (Å²) in [6.07, 6.45) is 0. The molecule has 2 heterocycles. The quantitative estimate of drug-likeness (QED) is 0.254. The molecule has 6 aromatic rings. The first-order valence-corrected chi connectivity index (χ1v) is 12.7. The summed E-state index contributed by atoms with van der Waals surface area (Å²) < 4.78 is 6.48. The largest absolute Gasteiger partial charge is 0.458 e. The normalized spacial score (nSPS) is 13.0. The van der Waals surface area contributed by atoms with E-state index in [1.54, 1.807) is 0 Å². The molecule has 6 aromatic carbocycles. The second-order valence-corrected chi connectivity index (χ2v) is 9.70. The fourth-order valence-electron chi connectivity index (χ4n) is 6.19. The molecule has 8 rings (SSSR count). The van der Waals surface area contributed by atoms with Crippen molar-refractivity contribution in [3.8, 4) is 22.6 Å². The molecule has 3 heteroatoms. The molecule has 172 valence electrons. The molecule has 0 unspecified atom stereocenters. The van der Waals surface area contributed by atoms with Gasteiger partial charge in [-0.05, 0) is 63.1 Å². The summed E-state index contributed by atoms with van der Waals surface area (Å²) in [6.45, 7) is 0.129. The van der Waals surface area contributed by atoms with Crippen LogP contribution in [0, 0.1) is 0 Å². The Morgan fingerprint density at radius 2 is 1.19 bits per heavy atom. The van der Waals surface area contributed by atoms with Crippen molar-refractivity contribution in [2.75, 3.05) is 4.90 Å². The Bertz CT molecular complexity index is 1830. The van der Waals surface area contributed by atoms with Crippen molar-refractivity contribution in [1.29, 1.82) is 0 Å². The Kier molecular flexibility index (Phi) is 4.35. The molecule has 0 aromatic heterocycles. The fraction of sp³-hybridized carbons (Fsp3) is 0. The van der Waals surface area contributed by atoms with E-state index in [4.69, 9.17) is 4.74 Å². The highest BCUT2D eigenvalue weighted by Gasteiger charge is 2.41. The Morgan fingerprint density at radius 1 is 0.486 bits per heavy atom. The van der Waals surface area contributed by atoms with Crippen LogP contribution in [0.3, 0.4) is 0 Å². The van der Waals surface area contributed by atoms with Crippen LogP contribution in [0.5, 0.6) is 11.5 Å². The maximum absolute atomic E-state index is 6.48. The second kappa shape index (κ2) is 7.87. The molecule has 0 spiro atoms. The van der Waals surface area contributed by atoms with Crippen LogP contribution in [-0.4, -0.2) is 6.71 Å². The zero-order chi connectivity index (χ0) is 24.3. The Balaban J connectivity index is 1.47. The standard InChI is InChI=1S/C34H22BNO/c1-2-12-24(13-3-1)33-25-14-5-4-11-23(25)21-22-29(33)36-28-17-8-6-15-26(28)35-27-16-7-9-19-31(27)37-32-20-10-18-30(36)34(32)35/h1-22H. The molecular weight excluding hydrogens is 449 g/mol. The van der Waals surface area contributed by atoms with Crippen LogP contribution in [0.25, 0.3) is 21.9 Å². The average molecular weight is 471 g/mol. The lowest BCUT2D eigenvalue weighted by atomic mass is 9.34. The lowest BCUT2D eigenvalue weighted by Gasteiger charge is -2.40. The van der Waals surface area contributed by atoms with Crippen molar-refractivity contribution in [1.82, 2.24) is 0 Å². The third-order valence-electron chi connectivity index (χ3n) is 7.72. The number of hydrogen-bond acceptors (Lipinski definition) is 2. The van der Waals surface area contributed by atoms with Gasteiger partial charge in [0.15, 0.2) is 0 Å². The van der Waals surface area contributed by atoms with Gasteiger partial charge in [-0.2, -0.15) is 0 Å². The second-order valence-electron chi connectivity index (χ2n) is 9.70. The van der Waals surface area contributed by atoms with E-state index in [1.165, 1.54) is 55.3 Å². The van der Waals surface area contributed by atoms with Crippen LogP contribution < -0.4 is 26.0 Å². The fourth-order valence-corrected chi connectivity index (χ4v) is 6.19. The number of nitrogens with zero attached hydrogens (tertiary/aromatic N) is 1. The predicted molar refractivity (Wildman–Crippen MR) is 155 cm³/mol. The van der Waals surface area contributed by atoms with E-state index in [0.717, 1.165) is 11.5 Å². The van der Waals surface area contributed by atoms with Gasteiger partial charge in [0.1, 0.15) is 11.5 Å². The molecule has 0 N–H and O–H groups in total. The molecule has 0 aliphatic carbocycles. The van der Waals surface area contributed by atoms with Crippen molar-refractivity contribution in [2.24, 2.45) is 0 Å². The van der Waals surface area contributed by atoms with Crippen molar-refractivity contribution >= 4 is 50.9 Å². The number of anilines is 3. The SMILES string of the molecule is c1ccc(-c2c(N3c4ccccc4B4c5ccccc5Oc5cccc3c54)ccc3ccccc23)cc1. The van der Waals surface area contributed by atoms with Crippen LogP contribution in [-0.2, 0) is 0 Å². The third-order valence-corrected chi connectivity index (χ3v) is 7.72. The highest BCUT2D eigenvalue weighted by Crippen LogP contribution is 2.46. The highest BCUT2D eigenvalue weighted by atomic mass is 16.5. The summed E-state index contributed by atoms with van der Waals surface area (Å²) in [6, 6.07) is 47.7. The maximum atomic E-state index is 6.48. The first kappa shape index (κ1) is 20.4. The molecule has 2 nitrogen and oxygen atoms in total. The lowest BCUT2D eigenvalue weighted by molar-refractivity contribution is 0.487. The number of rotatable bonds is 2. The number of ether oxygens (including phenoxy) is 1. The smallest absolute Gasteiger partial charge is 0.256 e. The van der Waals surface area contributed by atoms with Crippen molar-refractivity contribution in [3.63, 3.8) is 0 Å². The van der Waals surface area contributed by atoms with Gasteiger partial charge >= 0.3 is 0 Å². The van der Waals surface area contributed by atoms with E-state index in [2.05, 4.69) is 138 Å². The van der Waals surface area contributed by atoms with E-state index < -0.39 is 0 Å². The number of para-hydroxylation sites is 2. The molecule has 0 saturated carbocycles. The van der Waals surface area contributed by atoms with Gasteiger partial charge in [0.25, 0.3) is 6.71 Å². The number of benzene rings is 6. The van der Waals surface area contributed by atoms with Crippen LogP contribution in [0.4, 0.5) is 17.1 Å². The zero-order valence-electron chi connectivity index (χ0n) is 20.1. The van der Waals surface area contributed by atoms with Crippen LogP contribution in [0.1, 0.15) is 0 Å². The molecular formula is C34H22BNO. The predicted octanol–water partition coefficient (Wildman–Crippen LogP) is 6.91. The summed E-state index contributed by atoms with van der Waals surface area (Å²) in [5.41, 5.74) is 9.74. The summed E-state index contributed by atoms with van der Waals surface area (Å²) in [5.74, 6) is 1.87. The lowest BCUT2D eigenvalue weighted by Crippen LogP contribution is -2.59. The van der Waals surface area contributed by atoms with Gasteiger partial charge in [0, 0.05) is 16.9 Å². The minimum atomic E-state index is 0.129. The van der Waals surface area contributed by atoms with Crippen molar-refractivity contribution in [3.05, 3.63) is 133 Å². The van der Waals surface area contributed by atoms with Gasteiger partial charge in [0.2, 0.25) is 0 Å². The van der Waals surface area contributed by atoms with E-state index >= 15 is 0 Å². The first-order chi connectivity index (χ1) is 18.4. The Hall–Kier alpha value is -4.76. The molecule has 0 fully saturated rings. The molecule has 2 aliphatic heterocycles. The molecule has 0 atom stereocenters.